The largest absolute Gasteiger partial charge is 0.319 e. The summed E-state index contributed by atoms with van der Waals surface area (Å²) in [6.07, 6.45) is 4.12. The van der Waals surface area contributed by atoms with E-state index in [1.165, 1.54) is 21.1 Å². The van der Waals surface area contributed by atoms with Gasteiger partial charge in [0.25, 0.3) is 0 Å². The Hall–Kier alpha value is -1.77. The first kappa shape index (κ1) is 17.1. The molecule has 0 amide bonds. The fourth-order valence-electron chi connectivity index (χ4n) is 3.00. The second kappa shape index (κ2) is 6.62. The summed E-state index contributed by atoms with van der Waals surface area (Å²) in [7, 11) is -1.82. The number of hydrogen-bond donors (Lipinski definition) is 1. The van der Waals surface area contributed by atoms with E-state index in [2.05, 4.69) is 10.4 Å². The zero-order chi connectivity index (χ0) is 17.3. The number of aryl methyl sites for hydroxylation is 1. The van der Waals surface area contributed by atoms with E-state index < -0.39 is 15.8 Å². The first-order valence-electron chi connectivity index (χ1n) is 7.88. The maximum atomic E-state index is 14.4. The smallest absolute Gasteiger partial charge is 0.243 e. The van der Waals surface area contributed by atoms with Crippen molar-refractivity contribution in [1.82, 2.24) is 19.4 Å². The average Bonchev–Trinajstić information content (AvgIpc) is 3.17. The Morgan fingerprint density at radius 3 is 2.83 bits per heavy atom. The fraction of sp³-hybridized carbons (Fsp3) is 0.438. The lowest BCUT2D eigenvalue weighted by Crippen LogP contribution is -2.30. The molecule has 0 aliphatic carbocycles. The Balaban J connectivity index is 1.86. The van der Waals surface area contributed by atoms with Crippen molar-refractivity contribution in [2.45, 2.75) is 18.2 Å². The molecule has 1 atom stereocenters. The first-order chi connectivity index (χ1) is 11.4. The molecule has 1 aliphatic heterocycles. The van der Waals surface area contributed by atoms with Crippen molar-refractivity contribution in [1.29, 1.82) is 0 Å². The molecule has 6 nitrogen and oxygen atoms in total. The van der Waals surface area contributed by atoms with Crippen LogP contribution >= 0.6 is 0 Å². The maximum Gasteiger partial charge on any atom is 0.243 e. The van der Waals surface area contributed by atoms with E-state index in [1.807, 2.05) is 14.0 Å². The van der Waals surface area contributed by atoms with Crippen molar-refractivity contribution in [2.24, 2.45) is 5.92 Å². The predicted molar refractivity (Wildman–Crippen MR) is 89.1 cm³/mol. The maximum absolute atomic E-state index is 14.4. The van der Waals surface area contributed by atoms with Crippen LogP contribution < -0.4 is 5.32 Å². The second-order valence-electron chi connectivity index (χ2n) is 6.15. The van der Waals surface area contributed by atoms with Gasteiger partial charge >= 0.3 is 0 Å². The van der Waals surface area contributed by atoms with E-state index in [0.717, 1.165) is 24.6 Å². The lowest BCUT2D eigenvalue weighted by Gasteiger charge is -2.17. The summed E-state index contributed by atoms with van der Waals surface area (Å²) in [6, 6.07) is 3.97. The van der Waals surface area contributed by atoms with E-state index in [4.69, 9.17) is 0 Å². The van der Waals surface area contributed by atoms with Crippen LogP contribution in [0, 0.1) is 18.7 Å². The van der Waals surface area contributed by atoms with Crippen LogP contribution in [0.2, 0.25) is 0 Å². The molecule has 2 heterocycles. The summed E-state index contributed by atoms with van der Waals surface area (Å²) in [4.78, 5) is -0.0160. The predicted octanol–water partition coefficient (Wildman–Crippen LogP) is 1.55. The minimum atomic E-state index is -3.67. The van der Waals surface area contributed by atoms with Crippen LogP contribution in [0.4, 0.5) is 4.39 Å². The zero-order valence-corrected chi connectivity index (χ0v) is 14.6. The molecule has 1 aromatic carbocycles. The molecule has 0 saturated carbocycles. The van der Waals surface area contributed by atoms with Gasteiger partial charge in [0.15, 0.2) is 0 Å². The number of nitrogens with zero attached hydrogens (tertiary/aromatic N) is 3. The average molecular weight is 352 g/mol. The van der Waals surface area contributed by atoms with Gasteiger partial charge in [-0.2, -0.15) is 9.40 Å². The van der Waals surface area contributed by atoms with Crippen LogP contribution in [-0.2, 0) is 10.0 Å². The van der Waals surface area contributed by atoms with E-state index in [-0.39, 0.29) is 10.6 Å². The highest BCUT2D eigenvalue weighted by Crippen LogP contribution is 2.26. The molecular weight excluding hydrogens is 331 g/mol. The van der Waals surface area contributed by atoms with Gasteiger partial charge in [0.2, 0.25) is 10.0 Å². The number of benzene rings is 1. The molecule has 1 unspecified atom stereocenters. The normalized spacial score (nSPS) is 19.0. The molecule has 1 aliphatic rings. The molecule has 1 aromatic heterocycles. The highest BCUT2D eigenvalue weighted by molar-refractivity contribution is 7.89. The summed E-state index contributed by atoms with van der Waals surface area (Å²) in [5.74, 6) is -0.314. The van der Waals surface area contributed by atoms with Gasteiger partial charge in [0.1, 0.15) is 11.5 Å². The van der Waals surface area contributed by atoms with Gasteiger partial charge < -0.3 is 5.32 Å². The highest BCUT2D eigenvalue weighted by atomic mass is 32.2. The van der Waals surface area contributed by atoms with Crippen molar-refractivity contribution in [3.8, 4) is 5.69 Å². The minimum Gasteiger partial charge on any atom is -0.319 e. The molecule has 0 radical (unpaired) electrons. The van der Waals surface area contributed by atoms with E-state index >= 15 is 0 Å². The van der Waals surface area contributed by atoms with E-state index in [9.17, 15) is 12.8 Å². The lowest BCUT2D eigenvalue weighted by molar-refractivity contribution is 0.450. The molecule has 3 rings (SSSR count). The third kappa shape index (κ3) is 3.22. The Morgan fingerprint density at radius 1 is 1.42 bits per heavy atom. The molecule has 24 heavy (non-hydrogen) atoms. The number of halogens is 1. The van der Waals surface area contributed by atoms with Gasteiger partial charge in [0.05, 0.1) is 11.1 Å². The number of aromatic nitrogens is 2. The standard InChI is InChI=1S/C16H21FN4O2S/c1-12-8-19-21(10-12)16-4-3-14(7-15(16)17)24(22,23)20-6-5-13(11-20)9-18-2/h3-4,7-8,10,13,18H,5-6,9,11H2,1-2H3. The first-order valence-corrected chi connectivity index (χ1v) is 9.32. The highest BCUT2D eigenvalue weighted by Gasteiger charge is 2.32. The monoisotopic (exact) mass is 352 g/mol. The van der Waals surface area contributed by atoms with Gasteiger partial charge in [-0.05, 0) is 56.6 Å². The number of hydrogen-bond acceptors (Lipinski definition) is 4. The Labute approximate surface area is 141 Å². The van der Waals surface area contributed by atoms with Gasteiger partial charge in [0, 0.05) is 19.3 Å². The Kier molecular flexibility index (Phi) is 4.71. The molecule has 0 spiro atoms. The van der Waals surface area contributed by atoms with Crippen LogP contribution in [0.3, 0.4) is 0 Å². The van der Waals surface area contributed by atoms with Crippen LogP contribution in [0.15, 0.2) is 35.5 Å². The summed E-state index contributed by atoms with van der Waals surface area (Å²) >= 11 is 0. The molecule has 1 saturated heterocycles. The quantitative estimate of drug-likeness (QED) is 0.887. The fourth-order valence-corrected chi connectivity index (χ4v) is 4.54. The van der Waals surface area contributed by atoms with Crippen molar-refractivity contribution in [3.05, 3.63) is 42.0 Å². The zero-order valence-electron chi connectivity index (χ0n) is 13.7. The number of nitrogens with one attached hydrogen (secondary N) is 1. The molecule has 8 heteroatoms. The SMILES string of the molecule is CNCC1CCN(S(=O)(=O)c2ccc(-n3cc(C)cn3)c(F)c2)C1. The van der Waals surface area contributed by atoms with Gasteiger partial charge in [-0.15, -0.1) is 0 Å². The Bertz CT molecular complexity index is 834. The van der Waals surface area contributed by atoms with E-state index in [0.29, 0.717) is 19.0 Å². The van der Waals surface area contributed by atoms with Crippen LogP contribution in [0.5, 0.6) is 0 Å². The molecule has 0 bridgehead atoms. The van der Waals surface area contributed by atoms with Crippen molar-refractivity contribution < 1.29 is 12.8 Å². The molecule has 130 valence electrons. The molecule has 2 aromatic rings. The summed E-state index contributed by atoms with van der Waals surface area (Å²) < 4.78 is 42.7. The third-order valence-corrected chi connectivity index (χ3v) is 6.12. The van der Waals surface area contributed by atoms with Gasteiger partial charge in [-0.25, -0.2) is 17.5 Å². The van der Waals surface area contributed by atoms with Crippen LogP contribution in [0.1, 0.15) is 12.0 Å². The van der Waals surface area contributed by atoms with E-state index in [1.54, 1.807) is 12.4 Å². The Morgan fingerprint density at radius 2 is 2.21 bits per heavy atom. The second-order valence-corrected chi connectivity index (χ2v) is 8.09. The van der Waals surface area contributed by atoms with Crippen LogP contribution in [-0.4, -0.2) is 49.2 Å². The topological polar surface area (TPSA) is 67.2 Å². The van der Waals surface area contributed by atoms with Gasteiger partial charge in [-0.3, -0.25) is 0 Å². The summed E-state index contributed by atoms with van der Waals surface area (Å²) in [5.41, 5.74) is 1.13. The number of rotatable bonds is 5. The van der Waals surface area contributed by atoms with Gasteiger partial charge in [-0.1, -0.05) is 0 Å². The molecule has 1 N–H and O–H groups in total. The summed E-state index contributed by atoms with van der Waals surface area (Å²) in [6.45, 7) is 3.56. The lowest BCUT2D eigenvalue weighted by atomic mass is 10.1. The third-order valence-electron chi connectivity index (χ3n) is 4.26. The van der Waals surface area contributed by atoms with Crippen LogP contribution in [0.25, 0.3) is 5.69 Å². The van der Waals surface area contributed by atoms with Crippen molar-refractivity contribution >= 4 is 10.0 Å². The molecular formula is C16H21FN4O2S. The summed E-state index contributed by atoms with van der Waals surface area (Å²) in [5, 5.41) is 7.12. The van der Waals surface area contributed by atoms with Crippen molar-refractivity contribution in [2.75, 3.05) is 26.7 Å². The minimum absolute atomic E-state index is 0.0160. The molecule has 1 fully saturated rings. The number of sulfonamides is 1. The van der Waals surface area contributed by atoms with Crippen molar-refractivity contribution in [3.63, 3.8) is 0 Å².